The molecule has 0 aromatic carbocycles. The average Bonchev–Trinajstić information content (AvgIpc) is 2.92. The second kappa shape index (κ2) is 10.5. The van der Waals surface area contributed by atoms with Crippen molar-refractivity contribution in [1.29, 1.82) is 0 Å². The van der Waals surface area contributed by atoms with Crippen LogP contribution in [0.15, 0.2) is 4.99 Å². The molecule has 5 nitrogen and oxygen atoms in total. The molecule has 0 N–H and O–H groups in total. The van der Waals surface area contributed by atoms with Crippen molar-refractivity contribution < 1.29 is 13.3 Å². The Bertz CT molecular complexity index is 296. The molecule has 1 fully saturated rings. The highest BCUT2D eigenvalue weighted by atomic mass is 28.4. The number of aliphatic imine (C=N–C) groups is 1. The Balaban J connectivity index is 2.40. The third kappa shape index (κ3) is 6.57. The SMILES string of the molecule is CCO[Si](CCCN=C1CCN(CC)C1)(OCC)OCC. The van der Waals surface area contributed by atoms with Crippen LogP contribution in [-0.2, 0) is 13.3 Å². The van der Waals surface area contributed by atoms with Gasteiger partial charge < -0.3 is 13.3 Å². The van der Waals surface area contributed by atoms with Gasteiger partial charge in [-0.3, -0.25) is 9.89 Å². The lowest BCUT2D eigenvalue weighted by atomic mass is 10.3. The first-order chi connectivity index (χ1) is 10.2. The molecular formula is C15H32N2O3Si. The van der Waals surface area contributed by atoms with Crippen LogP contribution in [0.1, 0.15) is 40.5 Å². The molecule has 0 saturated carbocycles. The third-order valence-electron chi connectivity index (χ3n) is 3.64. The minimum Gasteiger partial charge on any atom is -0.374 e. The Labute approximate surface area is 131 Å². The molecule has 1 aliphatic heterocycles. The van der Waals surface area contributed by atoms with Crippen LogP contribution in [0.25, 0.3) is 0 Å². The van der Waals surface area contributed by atoms with Crippen molar-refractivity contribution in [2.24, 2.45) is 4.99 Å². The van der Waals surface area contributed by atoms with Gasteiger partial charge in [0.15, 0.2) is 0 Å². The molecule has 1 aliphatic rings. The summed E-state index contributed by atoms with van der Waals surface area (Å²) in [5.74, 6) is 0. The van der Waals surface area contributed by atoms with E-state index in [9.17, 15) is 0 Å². The van der Waals surface area contributed by atoms with Gasteiger partial charge in [-0.25, -0.2) is 0 Å². The summed E-state index contributed by atoms with van der Waals surface area (Å²) < 4.78 is 17.6. The second-order valence-corrected chi connectivity index (χ2v) is 7.88. The van der Waals surface area contributed by atoms with Crippen LogP contribution in [0, 0.1) is 0 Å². The molecule has 0 spiro atoms. The Morgan fingerprint density at radius 1 is 1.05 bits per heavy atom. The molecule has 0 bridgehead atoms. The molecule has 1 heterocycles. The van der Waals surface area contributed by atoms with Gasteiger partial charge in [0, 0.05) is 51.2 Å². The van der Waals surface area contributed by atoms with Gasteiger partial charge in [-0.1, -0.05) is 6.92 Å². The van der Waals surface area contributed by atoms with Crippen LogP contribution in [0.3, 0.4) is 0 Å². The summed E-state index contributed by atoms with van der Waals surface area (Å²) >= 11 is 0. The minimum atomic E-state index is -2.47. The number of rotatable bonds is 11. The fourth-order valence-electron chi connectivity index (χ4n) is 2.64. The fraction of sp³-hybridized carbons (Fsp3) is 0.933. The van der Waals surface area contributed by atoms with Crippen molar-refractivity contribution in [3.63, 3.8) is 0 Å². The summed E-state index contributed by atoms with van der Waals surface area (Å²) in [6.07, 6.45) is 2.10. The Kier molecular flexibility index (Phi) is 9.34. The molecule has 1 rings (SSSR count). The minimum absolute atomic E-state index is 0.645. The van der Waals surface area contributed by atoms with Gasteiger partial charge in [-0.15, -0.1) is 0 Å². The van der Waals surface area contributed by atoms with E-state index in [-0.39, 0.29) is 0 Å². The van der Waals surface area contributed by atoms with E-state index in [0.29, 0.717) is 19.8 Å². The molecule has 0 amide bonds. The lowest BCUT2D eigenvalue weighted by Crippen LogP contribution is -2.46. The summed E-state index contributed by atoms with van der Waals surface area (Å²) in [5.41, 5.74) is 1.34. The van der Waals surface area contributed by atoms with Crippen molar-refractivity contribution in [2.75, 3.05) is 46.0 Å². The molecule has 6 heteroatoms. The van der Waals surface area contributed by atoms with Gasteiger partial charge in [0.05, 0.1) is 0 Å². The van der Waals surface area contributed by atoms with Crippen molar-refractivity contribution >= 4 is 14.5 Å². The summed E-state index contributed by atoms with van der Waals surface area (Å²) in [4.78, 5) is 7.16. The zero-order chi connectivity index (χ0) is 15.6. The quantitative estimate of drug-likeness (QED) is 0.434. The third-order valence-corrected chi connectivity index (χ3v) is 6.79. The Hall–Kier alpha value is -0.273. The standard InChI is InChI=1S/C15H32N2O3Si/c1-5-17-12-10-15(14-17)16-11-9-13-21(18-6-2,19-7-3)20-8-4/h5-14H2,1-4H3. The lowest BCUT2D eigenvalue weighted by Gasteiger charge is -2.28. The largest absolute Gasteiger partial charge is 0.500 e. The van der Waals surface area contributed by atoms with E-state index in [1.165, 1.54) is 5.71 Å². The van der Waals surface area contributed by atoms with Gasteiger partial charge in [-0.05, 0) is 40.2 Å². The average molecular weight is 317 g/mol. The molecule has 0 radical (unpaired) electrons. The molecule has 0 aromatic heterocycles. The molecule has 124 valence electrons. The second-order valence-electron chi connectivity index (χ2n) is 5.15. The number of likely N-dealkylation sites (tertiary alicyclic amines) is 1. The summed E-state index contributed by atoms with van der Waals surface area (Å²) in [7, 11) is -2.47. The summed E-state index contributed by atoms with van der Waals surface area (Å²) in [6, 6.07) is 0.858. The van der Waals surface area contributed by atoms with Crippen LogP contribution >= 0.6 is 0 Å². The number of hydrogen-bond acceptors (Lipinski definition) is 5. The van der Waals surface area contributed by atoms with Gasteiger partial charge in [-0.2, -0.15) is 0 Å². The monoisotopic (exact) mass is 316 g/mol. The predicted molar refractivity (Wildman–Crippen MR) is 89.1 cm³/mol. The fourth-order valence-corrected chi connectivity index (χ4v) is 5.23. The van der Waals surface area contributed by atoms with Crippen LogP contribution in [-0.4, -0.2) is 65.4 Å². The maximum Gasteiger partial charge on any atom is 0.500 e. The normalized spacial score (nSPS) is 18.8. The zero-order valence-electron chi connectivity index (χ0n) is 14.2. The highest BCUT2D eigenvalue weighted by Crippen LogP contribution is 2.18. The van der Waals surface area contributed by atoms with Crippen molar-refractivity contribution in [3.8, 4) is 0 Å². The van der Waals surface area contributed by atoms with Gasteiger partial charge in [0.25, 0.3) is 0 Å². The first-order valence-electron chi connectivity index (χ1n) is 8.36. The molecular weight excluding hydrogens is 284 g/mol. The molecule has 1 saturated heterocycles. The number of nitrogens with zero attached hydrogens (tertiary/aromatic N) is 2. The highest BCUT2D eigenvalue weighted by molar-refractivity contribution is 6.60. The van der Waals surface area contributed by atoms with E-state index in [1.54, 1.807) is 0 Å². The molecule has 0 aromatic rings. The molecule has 0 aliphatic carbocycles. The predicted octanol–water partition coefficient (Wildman–Crippen LogP) is 2.59. The number of hydrogen-bond donors (Lipinski definition) is 0. The van der Waals surface area contributed by atoms with Crippen LogP contribution in [0.2, 0.25) is 6.04 Å². The zero-order valence-corrected chi connectivity index (χ0v) is 15.2. The first kappa shape index (κ1) is 18.8. The van der Waals surface area contributed by atoms with Crippen LogP contribution in [0.5, 0.6) is 0 Å². The van der Waals surface area contributed by atoms with Crippen molar-refractivity contribution in [2.45, 2.75) is 46.6 Å². The maximum absolute atomic E-state index is 5.85. The topological polar surface area (TPSA) is 43.3 Å². The Morgan fingerprint density at radius 3 is 2.14 bits per heavy atom. The van der Waals surface area contributed by atoms with Crippen molar-refractivity contribution in [1.82, 2.24) is 4.90 Å². The summed E-state index contributed by atoms with van der Waals surface area (Å²) in [6.45, 7) is 14.3. The smallest absolute Gasteiger partial charge is 0.374 e. The van der Waals surface area contributed by atoms with Gasteiger partial charge >= 0.3 is 8.80 Å². The van der Waals surface area contributed by atoms with Crippen LogP contribution in [0.4, 0.5) is 0 Å². The maximum atomic E-state index is 5.85. The van der Waals surface area contributed by atoms with E-state index in [0.717, 1.165) is 45.1 Å². The van der Waals surface area contributed by atoms with E-state index in [4.69, 9.17) is 18.3 Å². The van der Waals surface area contributed by atoms with E-state index < -0.39 is 8.80 Å². The van der Waals surface area contributed by atoms with E-state index in [2.05, 4.69) is 11.8 Å². The summed E-state index contributed by atoms with van der Waals surface area (Å²) in [5, 5.41) is 0. The van der Waals surface area contributed by atoms with E-state index in [1.807, 2.05) is 20.8 Å². The lowest BCUT2D eigenvalue weighted by molar-refractivity contribution is 0.0710. The Morgan fingerprint density at radius 2 is 1.67 bits per heavy atom. The molecule has 21 heavy (non-hydrogen) atoms. The first-order valence-corrected chi connectivity index (χ1v) is 10.3. The molecule has 0 atom stereocenters. The van der Waals surface area contributed by atoms with Crippen LogP contribution < -0.4 is 0 Å². The van der Waals surface area contributed by atoms with Gasteiger partial charge in [0.1, 0.15) is 0 Å². The highest BCUT2D eigenvalue weighted by Gasteiger charge is 2.39. The van der Waals surface area contributed by atoms with Crippen molar-refractivity contribution in [3.05, 3.63) is 0 Å². The van der Waals surface area contributed by atoms with Gasteiger partial charge in [0.2, 0.25) is 0 Å². The van der Waals surface area contributed by atoms with E-state index >= 15 is 0 Å². The molecule has 0 unspecified atom stereocenters.